The van der Waals surface area contributed by atoms with Crippen LogP contribution in [0, 0.1) is 0 Å². The van der Waals surface area contributed by atoms with Gasteiger partial charge < -0.3 is 24.8 Å². The average Bonchev–Trinajstić information content (AvgIpc) is 2.87. The first kappa shape index (κ1) is 21.8. The number of fused-ring (bicyclic) bond motifs is 1. The molecular weight excluding hydrogens is 420 g/mol. The molecule has 33 heavy (non-hydrogen) atoms. The van der Waals surface area contributed by atoms with Gasteiger partial charge >= 0.3 is 0 Å². The molecular formula is C24H30N6O3. The molecule has 174 valence electrons. The number of hydrogen-bond donors (Lipinski definition) is 2. The van der Waals surface area contributed by atoms with Gasteiger partial charge in [-0.3, -0.25) is 4.98 Å². The number of nitrogens with zero attached hydrogens (tertiary/aromatic N) is 5. The summed E-state index contributed by atoms with van der Waals surface area (Å²) in [6, 6.07) is 4.52. The minimum Gasteiger partial charge on any atom is -0.488 e. The van der Waals surface area contributed by atoms with E-state index in [4.69, 9.17) is 14.6 Å². The zero-order valence-electron chi connectivity index (χ0n) is 18.7. The Morgan fingerprint density at radius 3 is 2.52 bits per heavy atom. The number of anilines is 2. The molecule has 0 atom stereocenters. The zero-order valence-corrected chi connectivity index (χ0v) is 18.7. The van der Waals surface area contributed by atoms with Crippen molar-refractivity contribution in [2.75, 3.05) is 43.1 Å². The largest absolute Gasteiger partial charge is 0.488 e. The van der Waals surface area contributed by atoms with E-state index in [1.807, 2.05) is 0 Å². The van der Waals surface area contributed by atoms with Gasteiger partial charge in [-0.15, -0.1) is 0 Å². The number of aromatic nitrogens is 4. The van der Waals surface area contributed by atoms with E-state index in [1.165, 1.54) is 0 Å². The van der Waals surface area contributed by atoms with Crippen LogP contribution in [-0.4, -0.2) is 70.1 Å². The van der Waals surface area contributed by atoms with Gasteiger partial charge in [-0.25, -0.2) is 15.0 Å². The summed E-state index contributed by atoms with van der Waals surface area (Å²) in [5, 5.41) is 12.5. The Balaban J connectivity index is 1.23. The van der Waals surface area contributed by atoms with Crippen LogP contribution < -0.4 is 15.0 Å². The maximum absolute atomic E-state index is 9.02. The van der Waals surface area contributed by atoms with Crippen LogP contribution in [0.3, 0.4) is 0 Å². The van der Waals surface area contributed by atoms with Gasteiger partial charge in [0.15, 0.2) is 0 Å². The third-order valence-corrected chi connectivity index (χ3v) is 6.31. The van der Waals surface area contributed by atoms with Gasteiger partial charge in [-0.2, -0.15) is 0 Å². The van der Waals surface area contributed by atoms with Crippen LogP contribution in [0.2, 0.25) is 0 Å². The summed E-state index contributed by atoms with van der Waals surface area (Å²) < 4.78 is 12.0. The molecule has 5 rings (SSSR count). The Hall–Kier alpha value is -3.04. The van der Waals surface area contributed by atoms with Crippen LogP contribution in [-0.2, 0) is 11.2 Å². The van der Waals surface area contributed by atoms with E-state index in [0.29, 0.717) is 18.4 Å². The number of rotatable bonds is 7. The second-order valence-electron chi connectivity index (χ2n) is 8.59. The lowest BCUT2D eigenvalue weighted by atomic mass is 9.93. The number of aliphatic hydroxyl groups excluding tert-OH is 1. The molecule has 2 fully saturated rings. The molecule has 1 saturated carbocycles. The summed E-state index contributed by atoms with van der Waals surface area (Å²) in [5.41, 5.74) is 3.72. The van der Waals surface area contributed by atoms with E-state index in [0.717, 1.165) is 80.0 Å². The van der Waals surface area contributed by atoms with Crippen LogP contribution in [0.4, 0.5) is 11.6 Å². The number of aliphatic hydroxyl groups is 1. The van der Waals surface area contributed by atoms with E-state index < -0.39 is 0 Å². The highest BCUT2D eigenvalue weighted by Gasteiger charge is 2.24. The van der Waals surface area contributed by atoms with E-state index in [-0.39, 0.29) is 12.7 Å². The van der Waals surface area contributed by atoms with Gasteiger partial charge in [-0.1, -0.05) is 0 Å². The van der Waals surface area contributed by atoms with Gasteiger partial charge in [-0.05, 0) is 43.7 Å². The Morgan fingerprint density at radius 1 is 1.00 bits per heavy atom. The molecule has 2 N–H and O–H groups in total. The third kappa shape index (κ3) is 5.31. The highest BCUT2D eigenvalue weighted by molar-refractivity contribution is 5.85. The first-order chi connectivity index (χ1) is 16.3. The summed E-state index contributed by atoms with van der Waals surface area (Å²) in [6.45, 7) is 3.31. The zero-order chi connectivity index (χ0) is 22.5. The van der Waals surface area contributed by atoms with Gasteiger partial charge in [0, 0.05) is 62.3 Å². The summed E-state index contributed by atoms with van der Waals surface area (Å²) in [4.78, 5) is 20.1. The van der Waals surface area contributed by atoms with Crippen molar-refractivity contribution in [1.82, 2.24) is 19.9 Å². The Morgan fingerprint density at radius 2 is 1.76 bits per heavy atom. The van der Waals surface area contributed by atoms with E-state index in [9.17, 15) is 0 Å². The van der Waals surface area contributed by atoms with Crippen molar-refractivity contribution in [1.29, 1.82) is 0 Å². The molecule has 0 unspecified atom stereocenters. The summed E-state index contributed by atoms with van der Waals surface area (Å²) in [5.74, 6) is 1.45. The monoisotopic (exact) mass is 450 g/mol. The van der Waals surface area contributed by atoms with Gasteiger partial charge in [0.05, 0.1) is 24.8 Å². The molecule has 2 aliphatic rings. The maximum atomic E-state index is 9.02. The normalized spacial score (nSPS) is 21.2. The topological polar surface area (TPSA) is 106 Å². The van der Waals surface area contributed by atoms with Gasteiger partial charge in [0.2, 0.25) is 5.95 Å². The van der Waals surface area contributed by atoms with Crippen molar-refractivity contribution in [2.45, 2.75) is 44.2 Å². The van der Waals surface area contributed by atoms with Gasteiger partial charge in [0.25, 0.3) is 0 Å². The third-order valence-electron chi connectivity index (χ3n) is 6.31. The second-order valence-corrected chi connectivity index (χ2v) is 8.59. The number of ether oxygens (including phenoxy) is 2. The summed E-state index contributed by atoms with van der Waals surface area (Å²) in [7, 11) is 0. The van der Waals surface area contributed by atoms with Crippen LogP contribution in [0.5, 0.6) is 5.75 Å². The van der Waals surface area contributed by atoms with Crippen molar-refractivity contribution in [3.63, 3.8) is 0 Å². The molecule has 3 heterocycles. The van der Waals surface area contributed by atoms with Crippen molar-refractivity contribution < 1.29 is 14.6 Å². The lowest BCUT2D eigenvalue weighted by Crippen LogP contribution is -2.36. The number of benzene rings is 1. The lowest BCUT2D eigenvalue weighted by Gasteiger charge is -2.31. The summed E-state index contributed by atoms with van der Waals surface area (Å²) in [6.07, 6.45) is 11.6. The van der Waals surface area contributed by atoms with Crippen LogP contribution in [0.25, 0.3) is 11.0 Å². The molecule has 1 saturated heterocycles. The SMILES string of the molecule is OCCc1cnc(N[C@H]2CC[C@@H](Oc3cc(N4CCOCC4)cc4nccnc34)CC2)nc1. The number of hydrogen-bond acceptors (Lipinski definition) is 9. The Labute approximate surface area is 193 Å². The fourth-order valence-corrected chi connectivity index (χ4v) is 4.50. The first-order valence-electron chi connectivity index (χ1n) is 11.7. The quantitative estimate of drug-likeness (QED) is 0.562. The molecule has 1 aromatic carbocycles. The van der Waals surface area contributed by atoms with Crippen LogP contribution in [0.15, 0.2) is 36.9 Å². The number of nitrogens with one attached hydrogen (secondary N) is 1. The van der Waals surface area contributed by atoms with Crippen LogP contribution in [0.1, 0.15) is 31.2 Å². The van der Waals surface area contributed by atoms with Crippen LogP contribution >= 0.6 is 0 Å². The summed E-state index contributed by atoms with van der Waals surface area (Å²) >= 11 is 0. The molecule has 0 spiro atoms. The maximum Gasteiger partial charge on any atom is 0.222 e. The van der Waals surface area contributed by atoms with Gasteiger partial charge in [0.1, 0.15) is 11.3 Å². The van der Waals surface area contributed by atoms with Crippen molar-refractivity contribution >= 4 is 22.7 Å². The highest BCUT2D eigenvalue weighted by atomic mass is 16.5. The van der Waals surface area contributed by atoms with E-state index in [1.54, 1.807) is 24.8 Å². The average molecular weight is 451 g/mol. The molecule has 0 bridgehead atoms. The fraction of sp³-hybridized carbons (Fsp3) is 0.500. The first-order valence-corrected chi connectivity index (χ1v) is 11.7. The molecule has 1 aliphatic heterocycles. The molecule has 0 amide bonds. The number of morpholine rings is 1. The predicted molar refractivity (Wildman–Crippen MR) is 126 cm³/mol. The fourth-order valence-electron chi connectivity index (χ4n) is 4.50. The van der Waals surface area contributed by atoms with E-state index >= 15 is 0 Å². The second kappa shape index (κ2) is 10.3. The smallest absolute Gasteiger partial charge is 0.222 e. The predicted octanol–water partition coefficient (Wildman–Crippen LogP) is 2.59. The molecule has 0 radical (unpaired) electrons. The standard InChI is InChI=1S/C24H30N6O3/c31-10-5-17-15-27-24(28-16-17)29-18-1-3-20(4-2-18)33-22-14-19(30-8-11-32-12-9-30)13-21-23(22)26-7-6-25-21/h6-7,13-16,18,20,31H,1-5,8-12H2,(H,27,28,29)/t18-,20+. The molecule has 1 aliphatic carbocycles. The minimum atomic E-state index is 0.108. The van der Waals surface area contributed by atoms with Crippen molar-refractivity contribution in [3.8, 4) is 5.75 Å². The Kier molecular flexibility index (Phi) is 6.78. The molecule has 3 aromatic rings. The van der Waals surface area contributed by atoms with E-state index in [2.05, 4.69) is 42.3 Å². The molecule has 9 nitrogen and oxygen atoms in total. The molecule has 2 aromatic heterocycles. The minimum absolute atomic E-state index is 0.108. The Bertz CT molecular complexity index is 1050. The van der Waals surface area contributed by atoms with Crippen molar-refractivity contribution in [3.05, 3.63) is 42.5 Å². The van der Waals surface area contributed by atoms with Crippen molar-refractivity contribution in [2.24, 2.45) is 0 Å². The lowest BCUT2D eigenvalue weighted by molar-refractivity contribution is 0.122. The highest BCUT2D eigenvalue weighted by Crippen LogP contribution is 2.33. The molecule has 9 heteroatoms.